The van der Waals surface area contributed by atoms with E-state index < -0.39 is 0 Å². The summed E-state index contributed by atoms with van der Waals surface area (Å²) in [6.45, 7) is 0.805. The Bertz CT molecular complexity index is 600. The molecular formula is C14H16ClN3O2. The van der Waals surface area contributed by atoms with Gasteiger partial charge in [0.1, 0.15) is 5.52 Å². The first-order chi connectivity index (χ1) is 9.63. The minimum atomic E-state index is -0.241. The standard InChI is InChI=1S/C14H16ClN3O2/c1-18(8-10(15)9-20-2)14(19)11-4-3-5-12-13(11)17-7-6-16-12/h3-7,10H,8-9H2,1-2H3. The molecule has 0 saturated carbocycles. The molecule has 0 spiro atoms. The van der Waals surface area contributed by atoms with Crippen LogP contribution in [0.15, 0.2) is 30.6 Å². The van der Waals surface area contributed by atoms with Crippen molar-refractivity contribution in [2.24, 2.45) is 0 Å². The number of amides is 1. The van der Waals surface area contributed by atoms with Crippen LogP contribution < -0.4 is 0 Å². The number of alkyl halides is 1. The third kappa shape index (κ3) is 3.23. The van der Waals surface area contributed by atoms with Gasteiger partial charge < -0.3 is 9.64 Å². The number of fused-ring (bicyclic) bond motifs is 1. The van der Waals surface area contributed by atoms with Crippen LogP contribution in [0, 0.1) is 0 Å². The zero-order valence-electron chi connectivity index (χ0n) is 11.4. The van der Waals surface area contributed by atoms with E-state index in [2.05, 4.69) is 9.97 Å². The Hall–Kier alpha value is -1.72. The number of carbonyl (C=O) groups excluding carboxylic acids is 1. The number of ether oxygens (including phenoxy) is 1. The lowest BCUT2D eigenvalue weighted by atomic mass is 10.1. The summed E-state index contributed by atoms with van der Waals surface area (Å²) in [6, 6.07) is 5.37. The molecule has 0 fully saturated rings. The number of nitrogens with zero attached hydrogens (tertiary/aromatic N) is 3. The van der Waals surface area contributed by atoms with Gasteiger partial charge in [-0.25, -0.2) is 0 Å². The largest absolute Gasteiger partial charge is 0.383 e. The molecule has 5 nitrogen and oxygen atoms in total. The molecule has 2 rings (SSSR count). The van der Waals surface area contributed by atoms with Crippen LogP contribution in [-0.2, 0) is 4.74 Å². The molecule has 6 heteroatoms. The van der Waals surface area contributed by atoms with Crippen molar-refractivity contribution in [3.8, 4) is 0 Å². The summed E-state index contributed by atoms with van der Waals surface area (Å²) in [5.74, 6) is -0.127. The number of carbonyl (C=O) groups is 1. The van der Waals surface area contributed by atoms with Crippen LogP contribution in [0.1, 0.15) is 10.4 Å². The molecule has 0 saturated heterocycles. The van der Waals surface area contributed by atoms with Gasteiger partial charge in [0.15, 0.2) is 0 Å². The van der Waals surface area contributed by atoms with Gasteiger partial charge in [0, 0.05) is 33.1 Å². The Morgan fingerprint density at radius 3 is 2.90 bits per heavy atom. The highest BCUT2D eigenvalue weighted by Gasteiger charge is 2.18. The van der Waals surface area contributed by atoms with E-state index >= 15 is 0 Å². The lowest BCUT2D eigenvalue weighted by molar-refractivity contribution is 0.0783. The van der Waals surface area contributed by atoms with Crippen molar-refractivity contribution < 1.29 is 9.53 Å². The molecule has 0 aliphatic carbocycles. The molecule has 2 aromatic rings. The highest BCUT2D eigenvalue weighted by molar-refractivity contribution is 6.21. The first-order valence-electron chi connectivity index (χ1n) is 6.21. The fourth-order valence-corrected chi connectivity index (χ4v) is 2.32. The third-order valence-corrected chi connectivity index (χ3v) is 3.16. The van der Waals surface area contributed by atoms with Crippen molar-refractivity contribution in [1.82, 2.24) is 14.9 Å². The van der Waals surface area contributed by atoms with E-state index in [0.29, 0.717) is 29.7 Å². The lowest BCUT2D eigenvalue weighted by Crippen LogP contribution is -2.34. The molecule has 0 aliphatic rings. The van der Waals surface area contributed by atoms with E-state index in [9.17, 15) is 4.79 Å². The highest BCUT2D eigenvalue weighted by Crippen LogP contribution is 2.16. The number of hydrogen-bond donors (Lipinski definition) is 0. The second kappa shape index (κ2) is 6.63. The molecule has 0 N–H and O–H groups in total. The number of para-hydroxylation sites is 1. The fraction of sp³-hybridized carbons (Fsp3) is 0.357. The van der Waals surface area contributed by atoms with Gasteiger partial charge >= 0.3 is 0 Å². The molecule has 1 heterocycles. The van der Waals surface area contributed by atoms with Gasteiger partial charge in [-0.05, 0) is 12.1 Å². The smallest absolute Gasteiger partial charge is 0.255 e. The number of methoxy groups -OCH3 is 1. The van der Waals surface area contributed by atoms with Gasteiger partial charge in [-0.1, -0.05) is 6.07 Å². The summed E-state index contributed by atoms with van der Waals surface area (Å²) in [7, 11) is 3.29. The van der Waals surface area contributed by atoms with Crippen LogP contribution in [0.4, 0.5) is 0 Å². The van der Waals surface area contributed by atoms with Crippen LogP contribution >= 0.6 is 11.6 Å². The van der Waals surface area contributed by atoms with E-state index in [4.69, 9.17) is 16.3 Å². The van der Waals surface area contributed by atoms with Crippen molar-refractivity contribution in [3.05, 3.63) is 36.2 Å². The maximum absolute atomic E-state index is 12.5. The summed E-state index contributed by atoms with van der Waals surface area (Å²) in [6.07, 6.45) is 3.18. The number of benzene rings is 1. The molecule has 106 valence electrons. The highest BCUT2D eigenvalue weighted by atomic mass is 35.5. The van der Waals surface area contributed by atoms with Crippen LogP contribution in [0.5, 0.6) is 0 Å². The Morgan fingerprint density at radius 2 is 2.15 bits per heavy atom. The van der Waals surface area contributed by atoms with Gasteiger partial charge in [0.25, 0.3) is 5.91 Å². The number of rotatable bonds is 5. The van der Waals surface area contributed by atoms with E-state index in [-0.39, 0.29) is 11.3 Å². The molecule has 0 radical (unpaired) electrons. The minimum absolute atomic E-state index is 0.127. The summed E-state index contributed by atoms with van der Waals surface area (Å²) < 4.78 is 4.97. The van der Waals surface area contributed by atoms with Crippen LogP contribution in [0.3, 0.4) is 0 Å². The van der Waals surface area contributed by atoms with Gasteiger partial charge in [-0.15, -0.1) is 11.6 Å². The Morgan fingerprint density at radius 1 is 1.40 bits per heavy atom. The van der Waals surface area contributed by atoms with Crippen LogP contribution in [0.25, 0.3) is 11.0 Å². The first kappa shape index (κ1) is 14.7. The average molecular weight is 294 g/mol. The molecule has 1 amide bonds. The Labute approximate surface area is 122 Å². The van der Waals surface area contributed by atoms with E-state index in [1.54, 1.807) is 43.6 Å². The second-order valence-corrected chi connectivity index (χ2v) is 5.09. The van der Waals surface area contributed by atoms with Gasteiger partial charge in [0.2, 0.25) is 0 Å². The van der Waals surface area contributed by atoms with E-state index in [1.807, 2.05) is 6.07 Å². The normalized spacial score (nSPS) is 12.3. The van der Waals surface area contributed by atoms with Crippen LogP contribution in [0.2, 0.25) is 0 Å². The molecule has 1 aromatic heterocycles. The van der Waals surface area contributed by atoms with Crippen molar-refractivity contribution in [2.75, 3.05) is 27.3 Å². The number of hydrogen-bond acceptors (Lipinski definition) is 4. The predicted octanol–water partition coefficient (Wildman–Crippen LogP) is 1.96. The topological polar surface area (TPSA) is 55.3 Å². The van der Waals surface area contributed by atoms with Crippen molar-refractivity contribution in [2.45, 2.75) is 5.38 Å². The summed E-state index contributed by atoms with van der Waals surface area (Å²) in [5.41, 5.74) is 1.83. The summed E-state index contributed by atoms with van der Waals surface area (Å²) >= 11 is 6.08. The van der Waals surface area contributed by atoms with Gasteiger partial charge in [0.05, 0.1) is 23.1 Å². The molecule has 0 bridgehead atoms. The zero-order chi connectivity index (χ0) is 14.5. The van der Waals surface area contributed by atoms with Crippen LogP contribution in [-0.4, -0.2) is 53.5 Å². The molecule has 1 aromatic carbocycles. The maximum atomic E-state index is 12.5. The van der Waals surface area contributed by atoms with Gasteiger partial charge in [-0.2, -0.15) is 0 Å². The zero-order valence-corrected chi connectivity index (χ0v) is 12.2. The third-order valence-electron chi connectivity index (χ3n) is 2.90. The molecule has 1 atom stereocenters. The summed E-state index contributed by atoms with van der Waals surface area (Å²) in [5, 5.41) is -0.241. The maximum Gasteiger partial charge on any atom is 0.255 e. The second-order valence-electron chi connectivity index (χ2n) is 4.47. The number of aromatic nitrogens is 2. The monoisotopic (exact) mass is 293 g/mol. The molecular weight excluding hydrogens is 278 g/mol. The first-order valence-corrected chi connectivity index (χ1v) is 6.65. The van der Waals surface area contributed by atoms with Crippen molar-refractivity contribution >= 4 is 28.5 Å². The number of halogens is 1. The van der Waals surface area contributed by atoms with E-state index in [1.165, 1.54) is 0 Å². The van der Waals surface area contributed by atoms with E-state index in [0.717, 1.165) is 0 Å². The molecule has 0 aliphatic heterocycles. The lowest BCUT2D eigenvalue weighted by Gasteiger charge is -2.20. The Kier molecular flexibility index (Phi) is 4.87. The molecule has 1 unspecified atom stereocenters. The van der Waals surface area contributed by atoms with Crippen molar-refractivity contribution in [1.29, 1.82) is 0 Å². The SMILES string of the molecule is COCC(Cl)CN(C)C(=O)c1cccc2nccnc12. The Balaban J connectivity index is 2.23. The fourth-order valence-electron chi connectivity index (χ4n) is 1.98. The predicted molar refractivity (Wildman–Crippen MR) is 78.0 cm³/mol. The minimum Gasteiger partial charge on any atom is -0.383 e. The summed E-state index contributed by atoms with van der Waals surface area (Å²) in [4.78, 5) is 22.5. The quantitative estimate of drug-likeness (QED) is 0.791. The average Bonchev–Trinajstić information content (AvgIpc) is 2.46. The van der Waals surface area contributed by atoms with Gasteiger partial charge in [-0.3, -0.25) is 14.8 Å². The van der Waals surface area contributed by atoms with Crippen molar-refractivity contribution in [3.63, 3.8) is 0 Å². The molecule has 20 heavy (non-hydrogen) atoms.